The summed E-state index contributed by atoms with van der Waals surface area (Å²) in [6, 6.07) is 8.16. The molecule has 1 aromatic carbocycles. The van der Waals surface area contributed by atoms with Crippen molar-refractivity contribution in [2.75, 3.05) is 12.4 Å². The number of aromatic nitrogens is 1. The molecular formula is C10H9BrN2. The Hall–Kier alpha value is -1.09. The van der Waals surface area contributed by atoms with Crippen LogP contribution in [0.1, 0.15) is 0 Å². The molecule has 66 valence electrons. The molecule has 1 N–H and O–H groups in total. The maximum atomic E-state index is 4.28. The van der Waals surface area contributed by atoms with Gasteiger partial charge in [0.05, 0.1) is 5.52 Å². The number of benzene rings is 1. The van der Waals surface area contributed by atoms with Crippen molar-refractivity contribution in [3.05, 3.63) is 34.9 Å². The van der Waals surface area contributed by atoms with E-state index in [0.717, 1.165) is 21.1 Å². The fraction of sp³-hybridized carbons (Fsp3) is 0.100. The highest BCUT2D eigenvalue weighted by Crippen LogP contribution is 2.20. The van der Waals surface area contributed by atoms with E-state index >= 15 is 0 Å². The second kappa shape index (κ2) is 3.34. The zero-order valence-corrected chi connectivity index (χ0v) is 8.80. The Bertz CT molecular complexity index is 440. The van der Waals surface area contributed by atoms with Gasteiger partial charge in [0.15, 0.2) is 0 Å². The number of pyridine rings is 1. The largest absolute Gasteiger partial charge is 0.388 e. The normalized spacial score (nSPS) is 10.3. The minimum Gasteiger partial charge on any atom is -0.388 e. The van der Waals surface area contributed by atoms with Crippen molar-refractivity contribution >= 4 is 32.5 Å². The Kier molecular flexibility index (Phi) is 2.19. The Morgan fingerprint density at radius 3 is 2.92 bits per heavy atom. The third-order valence-corrected chi connectivity index (χ3v) is 2.37. The summed E-state index contributed by atoms with van der Waals surface area (Å²) in [6.45, 7) is 0. The predicted molar refractivity (Wildman–Crippen MR) is 59.0 cm³/mol. The third-order valence-electron chi connectivity index (χ3n) is 1.94. The minimum absolute atomic E-state index is 1.01. The SMILES string of the molecule is CNc1ccc2ncc(Br)cc2c1. The highest BCUT2D eigenvalue weighted by atomic mass is 79.9. The molecule has 2 aromatic rings. The Morgan fingerprint density at radius 2 is 2.15 bits per heavy atom. The van der Waals surface area contributed by atoms with Gasteiger partial charge in [-0.25, -0.2) is 0 Å². The summed E-state index contributed by atoms with van der Waals surface area (Å²) in [4.78, 5) is 4.28. The summed E-state index contributed by atoms with van der Waals surface area (Å²) in [5.74, 6) is 0. The van der Waals surface area contributed by atoms with E-state index in [2.05, 4.69) is 38.4 Å². The van der Waals surface area contributed by atoms with Crippen LogP contribution in [0.4, 0.5) is 5.69 Å². The molecule has 0 bridgehead atoms. The number of halogens is 1. The number of nitrogens with zero attached hydrogens (tertiary/aromatic N) is 1. The first kappa shape index (κ1) is 8.51. The van der Waals surface area contributed by atoms with E-state index in [4.69, 9.17) is 0 Å². The Labute approximate surface area is 85.1 Å². The first-order valence-corrected chi connectivity index (χ1v) is 4.82. The van der Waals surface area contributed by atoms with Gasteiger partial charge in [0.2, 0.25) is 0 Å². The van der Waals surface area contributed by atoms with E-state index in [-0.39, 0.29) is 0 Å². The monoisotopic (exact) mass is 236 g/mol. The molecule has 0 aliphatic rings. The summed E-state index contributed by atoms with van der Waals surface area (Å²) in [5, 5.41) is 4.24. The van der Waals surface area contributed by atoms with E-state index in [9.17, 15) is 0 Å². The summed E-state index contributed by atoms with van der Waals surface area (Å²) < 4.78 is 1.01. The zero-order valence-electron chi connectivity index (χ0n) is 7.21. The summed E-state index contributed by atoms with van der Waals surface area (Å²) >= 11 is 3.40. The third kappa shape index (κ3) is 1.65. The Morgan fingerprint density at radius 1 is 1.31 bits per heavy atom. The van der Waals surface area contributed by atoms with Crippen LogP contribution < -0.4 is 5.32 Å². The molecule has 0 atom stereocenters. The van der Waals surface area contributed by atoms with Gasteiger partial charge in [0, 0.05) is 28.8 Å². The topological polar surface area (TPSA) is 24.9 Å². The van der Waals surface area contributed by atoms with Crippen LogP contribution in [0.2, 0.25) is 0 Å². The van der Waals surface area contributed by atoms with Crippen molar-refractivity contribution in [3.63, 3.8) is 0 Å². The lowest BCUT2D eigenvalue weighted by molar-refractivity contribution is 1.39. The van der Waals surface area contributed by atoms with Crippen molar-refractivity contribution in [2.24, 2.45) is 0 Å². The van der Waals surface area contributed by atoms with Crippen LogP contribution in [0, 0.1) is 0 Å². The maximum Gasteiger partial charge on any atom is 0.0704 e. The van der Waals surface area contributed by atoms with Crippen molar-refractivity contribution in [1.82, 2.24) is 4.98 Å². The van der Waals surface area contributed by atoms with Gasteiger partial charge in [-0.05, 0) is 40.2 Å². The van der Waals surface area contributed by atoms with Crippen LogP contribution in [0.5, 0.6) is 0 Å². The molecule has 2 nitrogen and oxygen atoms in total. The van der Waals surface area contributed by atoms with E-state index in [1.54, 1.807) is 6.20 Å². The van der Waals surface area contributed by atoms with Crippen molar-refractivity contribution in [2.45, 2.75) is 0 Å². The molecule has 0 saturated carbocycles. The molecule has 0 aliphatic carbocycles. The zero-order chi connectivity index (χ0) is 9.26. The second-order valence-corrected chi connectivity index (χ2v) is 3.73. The van der Waals surface area contributed by atoms with Crippen LogP contribution in [-0.4, -0.2) is 12.0 Å². The number of nitrogens with one attached hydrogen (secondary N) is 1. The lowest BCUT2D eigenvalue weighted by Crippen LogP contribution is -1.87. The van der Waals surface area contributed by atoms with Crippen molar-refractivity contribution in [1.29, 1.82) is 0 Å². The fourth-order valence-corrected chi connectivity index (χ4v) is 1.61. The molecule has 0 saturated heterocycles. The predicted octanol–water partition coefficient (Wildman–Crippen LogP) is 3.04. The fourth-order valence-electron chi connectivity index (χ4n) is 1.26. The number of hydrogen-bond donors (Lipinski definition) is 1. The second-order valence-electron chi connectivity index (χ2n) is 2.81. The first-order valence-electron chi connectivity index (χ1n) is 4.02. The highest BCUT2D eigenvalue weighted by Gasteiger charge is 1.96. The molecule has 0 spiro atoms. The number of anilines is 1. The van der Waals surface area contributed by atoms with Gasteiger partial charge in [0.25, 0.3) is 0 Å². The molecular weight excluding hydrogens is 228 g/mol. The molecule has 1 aromatic heterocycles. The van der Waals surface area contributed by atoms with Gasteiger partial charge >= 0.3 is 0 Å². The molecule has 0 fully saturated rings. The molecule has 13 heavy (non-hydrogen) atoms. The summed E-state index contributed by atoms with van der Waals surface area (Å²) in [6.07, 6.45) is 1.81. The van der Waals surface area contributed by atoms with Crippen LogP contribution in [0.25, 0.3) is 10.9 Å². The first-order chi connectivity index (χ1) is 6.29. The lowest BCUT2D eigenvalue weighted by Gasteiger charge is -2.02. The molecule has 1 heterocycles. The standard InChI is InChI=1S/C10H9BrN2/c1-12-9-2-3-10-7(5-9)4-8(11)6-13-10/h2-6,12H,1H3. The average Bonchev–Trinajstić information content (AvgIpc) is 2.16. The molecule has 0 unspecified atom stereocenters. The number of hydrogen-bond acceptors (Lipinski definition) is 2. The van der Waals surface area contributed by atoms with Gasteiger partial charge in [-0.15, -0.1) is 0 Å². The average molecular weight is 237 g/mol. The van der Waals surface area contributed by atoms with Crippen LogP contribution in [0.15, 0.2) is 34.9 Å². The molecule has 3 heteroatoms. The molecule has 2 rings (SSSR count). The number of fused-ring (bicyclic) bond motifs is 1. The van der Waals surface area contributed by atoms with E-state index < -0.39 is 0 Å². The van der Waals surface area contributed by atoms with Crippen LogP contribution >= 0.6 is 15.9 Å². The van der Waals surface area contributed by atoms with Crippen LogP contribution in [-0.2, 0) is 0 Å². The smallest absolute Gasteiger partial charge is 0.0704 e. The van der Waals surface area contributed by atoms with Crippen LogP contribution in [0.3, 0.4) is 0 Å². The minimum atomic E-state index is 1.01. The summed E-state index contributed by atoms with van der Waals surface area (Å²) in [5.41, 5.74) is 2.12. The molecule has 0 amide bonds. The molecule has 0 radical (unpaired) electrons. The van der Waals surface area contributed by atoms with E-state index in [1.807, 2.05) is 19.2 Å². The van der Waals surface area contributed by atoms with Gasteiger partial charge in [0.1, 0.15) is 0 Å². The highest BCUT2D eigenvalue weighted by molar-refractivity contribution is 9.10. The van der Waals surface area contributed by atoms with Crippen molar-refractivity contribution in [3.8, 4) is 0 Å². The Balaban J connectivity index is 2.68. The quantitative estimate of drug-likeness (QED) is 0.824. The molecule has 0 aliphatic heterocycles. The van der Waals surface area contributed by atoms with Gasteiger partial charge in [-0.1, -0.05) is 0 Å². The number of rotatable bonds is 1. The summed E-state index contributed by atoms with van der Waals surface area (Å²) in [7, 11) is 1.91. The van der Waals surface area contributed by atoms with Gasteiger partial charge in [-0.2, -0.15) is 0 Å². The van der Waals surface area contributed by atoms with Crippen molar-refractivity contribution < 1.29 is 0 Å². The maximum absolute atomic E-state index is 4.28. The lowest BCUT2D eigenvalue weighted by atomic mass is 10.2. The van der Waals surface area contributed by atoms with Gasteiger partial charge in [-0.3, -0.25) is 4.98 Å². The van der Waals surface area contributed by atoms with E-state index in [0.29, 0.717) is 0 Å². The van der Waals surface area contributed by atoms with E-state index in [1.165, 1.54) is 0 Å². The van der Waals surface area contributed by atoms with Gasteiger partial charge < -0.3 is 5.32 Å².